The van der Waals surface area contributed by atoms with Crippen LogP contribution in [0, 0.1) is 0 Å². The van der Waals surface area contributed by atoms with Crippen molar-refractivity contribution in [2.75, 3.05) is 0 Å². The van der Waals surface area contributed by atoms with E-state index < -0.39 is 12.2 Å². The molecule has 18 heavy (non-hydrogen) atoms. The molecular formula is C14H12F3N. The highest BCUT2D eigenvalue weighted by Gasteiger charge is 2.37. The van der Waals surface area contributed by atoms with Gasteiger partial charge in [-0.05, 0) is 22.8 Å². The molecule has 0 aliphatic carbocycles. The number of benzene rings is 2. The monoisotopic (exact) mass is 251 g/mol. The van der Waals surface area contributed by atoms with Crippen molar-refractivity contribution < 1.29 is 13.2 Å². The van der Waals surface area contributed by atoms with Gasteiger partial charge < -0.3 is 5.73 Å². The van der Waals surface area contributed by atoms with Crippen molar-refractivity contribution in [1.29, 1.82) is 0 Å². The molecule has 0 bridgehead atoms. The first-order chi connectivity index (χ1) is 8.48. The van der Waals surface area contributed by atoms with Gasteiger partial charge in [0.05, 0.1) is 0 Å². The van der Waals surface area contributed by atoms with Crippen LogP contribution in [0.4, 0.5) is 13.2 Å². The van der Waals surface area contributed by atoms with E-state index in [1.54, 1.807) is 12.1 Å². The molecule has 4 heteroatoms. The van der Waals surface area contributed by atoms with Crippen LogP contribution in [0.25, 0.3) is 11.1 Å². The van der Waals surface area contributed by atoms with Crippen LogP contribution < -0.4 is 5.73 Å². The van der Waals surface area contributed by atoms with E-state index in [4.69, 9.17) is 5.73 Å². The van der Waals surface area contributed by atoms with E-state index in [0.717, 1.165) is 11.1 Å². The average molecular weight is 251 g/mol. The van der Waals surface area contributed by atoms with Crippen molar-refractivity contribution in [2.45, 2.75) is 12.2 Å². The Morgan fingerprint density at radius 2 is 1.44 bits per heavy atom. The van der Waals surface area contributed by atoms with Crippen molar-refractivity contribution >= 4 is 0 Å². The number of hydrogen-bond donors (Lipinski definition) is 1. The second-order valence-corrected chi connectivity index (χ2v) is 4.01. The first kappa shape index (κ1) is 12.6. The summed E-state index contributed by atoms with van der Waals surface area (Å²) in [4.78, 5) is 0. The summed E-state index contributed by atoms with van der Waals surface area (Å²) in [7, 11) is 0. The molecular weight excluding hydrogens is 239 g/mol. The third-order valence-electron chi connectivity index (χ3n) is 2.71. The zero-order valence-corrected chi connectivity index (χ0v) is 9.48. The van der Waals surface area contributed by atoms with Gasteiger partial charge in [0.25, 0.3) is 0 Å². The lowest BCUT2D eigenvalue weighted by atomic mass is 10.00. The van der Waals surface area contributed by atoms with Crippen LogP contribution in [0.3, 0.4) is 0 Å². The van der Waals surface area contributed by atoms with E-state index in [1.807, 2.05) is 30.3 Å². The molecule has 0 spiro atoms. The molecule has 0 saturated carbocycles. The molecule has 1 nitrogen and oxygen atoms in total. The SMILES string of the molecule is N[C@H](c1cccc(-c2ccccc2)c1)C(F)(F)F. The van der Waals surface area contributed by atoms with Gasteiger partial charge in [-0.3, -0.25) is 0 Å². The fourth-order valence-electron chi connectivity index (χ4n) is 1.73. The summed E-state index contributed by atoms with van der Waals surface area (Å²) in [6, 6.07) is 13.5. The lowest BCUT2D eigenvalue weighted by Gasteiger charge is -2.16. The Balaban J connectivity index is 2.37. The quantitative estimate of drug-likeness (QED) is 0.860. The molecule has 0 unspecified atom stereocenters. The van der Waals surface area contributed by atoms with Gasteiger partial charge >= 0.3 is 6.18 Å². The van der Waals surface area contributed by atoms with E-state index in [-0.39, 0.29) is 5.56 Å². The van der Waals surface area contributed by atoms with Gasteiger partial charge in [0, 0.05) is 0 Å². The van der Waals surface area contributed by atoms with Crippen LogP contribution in [0.5, 0.6) is 0 Å². The second-order valence-electron chi connectivity index (χ2n) is 4.01. The lowest BCUT2D eigenvalue weighted by molar-refractivity contribution is -0.149. The number of halogens is 3. The Labute approximate surface area is 103 Å². The standard InChI is InChI=1S/C14H12F3N/c15-14(16,17)13(18)12-8-4-7-11(9-12)10-5-2-1-3-6-10/h1-9,13H,18H2/t13-/m1/s1. The van der Waals surface area contributed by atoms with E-state index in [9.17, 15) is 13.2 Å². The maximum atomic E-state index is 12.5. The van der Waals surface area contributed by atoms with Gasteiger partial charge in [0.2, 0.25) is 0 Å². The first-order valence-electron chi connectivity index (χ1n) is 5.46. The summed E-state index contributed by atoms with van der Waals surface area (Å²) in [5.74, 6) is 0. The zero-order valence-electron chi connectivity index (χ0n) is 9.48. The van der Waals surface area contributed by atoms with Crippen LogP contribution in [0.2, 0.25) is 0 Å². The summed E-state index contributed by atoms with van der Waals surface area (Å²) >= 11 is 0. The van der Waals surface area contributed by atoms with Crippen molar-refractivity contribution in [2.24, 2.45) is 5.73 Å². The molecule has 2 N–H and O–H groups in total. The summed E-state index contributed by atoms with van der Waals surface area (Å²) < 4.78 is 37.6. The van der Waals surface area contributed by atoms with Gasteiger partial charge in [-0.1, -0.05) is 48.5 Å². The van der Waals surface area contributed by atoms with E-state index >= 15 is 0 Å². The Hall–Kier alpha value is -1.81. The molecule has 0 aromatic heterocycles. The minimum absolute atomic E-state index is 0.0730. The summed E-state index contributed by atoms with van der Waals surface area (Å²) in [6.07, 6.45) is -4.42. The van der Waals surface area contributed by atoms with E-state index in [0.29, 0.717) is 0 Å². The van der Waals surface area contributed by atoms with Crippen molar-refractivity contribution in [1.82, 2.24) is 0 Å². The molecule has 2 aromatic rings. The molecule has 1 atom stereocenters. The molecule has 0 aliphatic heterocycles. The van der Waals surface area contributed by atoms with E-state index in [2.05, 4.69) is 0 Å². The van der Waals surface area contributed by atoms with Crippen molar-refractivity contribution in [3.8, 4) is 11.1 Å². The molecule has 0 radical (unpaired) electrons. The first-order valence-corrected chi connectivity index (χ1v) is 5.46. The number of hydrogen-bond acceptors (Lipinski definition) is 1. The normalized spacial score (nSPS) is 13.3. The Morgan fingerprint density at radius 3 is 2.06 bits per heavy atom. The average Bonchev–Trinajstić information content (AvgIpc) is 2.38. The van der Waals surface area contributed by atoms with Gasteiger partial charge in [0.15, 0.2) is 0 Å². The van der Waals surface area contributed by atoms with Gasteiger partial charge in [0.1, 0.15) is 6.04 Å². The van der Waals surface area contributed by atoms with Gasteiger partial charge in [-0.2, -0.15) is 13.2 Å². The smallest absolute Gasteiger partial charge is 0.316 e. The van der Waals surface area contributed by atoms with Gasteiger partial charge in [-0.15, -0.1) is 0 Å². The van der Waals surface area contributed by atoms with Gasteiger partial charge in [-0.25, -0.2) is 0 Å². The minimum Gasteiger partial charge on any atom is -0.316 e. The van der Waals surface area contributed by atoms with Crippen LogP contribution in [-0.4, -0.2) is 6.18 Å². The molecule has 0 heterocycles. The summed E-state index contributed by atoms with van der Waals surface area (Å²) in [6.45, 7) is 0. The van der Waals surface area contributed by atoms with Crippen LogP contribution in [-0.2, 0) is 0 Å². The molecule has 94 valence electrons. The summed E-state index contributed by atoms with van der Waals surface area (Å²) in [5.41, 5.74) is 6.87. The minimum atomic E-state index is -4.42. The highest BCUT2D eigenvalue weighted by atomic mass is 19.4. The maximum Gasteiger partial charge on any atom is 0.407 e. The van der Waals surface area contributed by atoms with Crippen LogP contribution in [0.15, 0.2) is 54.6 Å². The van der Waals surface area contributed by atoms with Crippen molar-refractivity contribution in [3.63, 3.8) is 0 Å². The zero-order chi connectivity index (χ0) is 13.2. The van der Waals surface area contributed by atoms with Crippen molar-refractivity contribution in [3.05, 3.63) is 60.2 Å². The maximum absolute atomic E-state index is 12.5. The Bertz CT molecular complexity index is 520. The molecule has 0 fully saturated rings. The second kappa shape index (κ2) is 4.82. The molecule has 0 amide bonds. The molecule has 2 aromatic carbocycles. The Morgan fingerprint density at radius 1 is 0.833 bits per heavy atom. The number of rotatable bonds is 2. The highest BCUT2D eigenvalue weighted by molar-refractivity contribution is 5.64. The fourth-order valence-corrected chi connectivity index (χ4v) is 1.73. The fraction of sp³-hybridized carbons (Fsp3) is 0.143. The van der Waals surface area contributed by atoms with Crippen LogP contribution in [0.1, 0.15) is 11.6 Å². The molecule has 0 saturated heterocycles. The number of alkyl halides is 3. The third kappa shape index (κ3) is 2.71. The van der Waals surface area contributed by atoms with E-state index in [1.165, 1.54) is 12.1 Å². The predicted molar refractivity (Wildman–Crippen MR) is 64.9 cm³/mol. The topological polar surface area (TPSA) is 26.0 Å². The Kier molecular flexibility index (Phi) is 3.39. The molecule has 2 rings (SSSR count). The molecule has 0 aliphatic rings. The van der Waals surface area contributed by atoms with Crippen LogP contribution >= 0.6 is 0 Å². The predicted octanol–water partition coefficient (Wildman–Crippen LogP) is 3.92. The summed E-state index contributed by atoms with van der Waals surface area (Å²) in [5, 5.41) is 0. The lowest BCUT2D eigenvalue weighted by Crippen LogP contribution is -2.28. The third-order valence-corrected chi connectivity index (χ3v) is 2.71. The largest absolute Gasteiger partial charge is 0.407 e. The highest BCUT2D eigenvalue weighted by Crippen LogP contribution is 2.32. The number of nitrogens with two attached hydrogens (primary N) is 1.